The lowest BCUT2D eigenvalue weighted by molar-refractivity contribution is 0.273. The van der Waals surface area contributed by atoms with Gasteiger partial charge in [-0.05, 0) is 31.2 Å². The molecular weight excluding hydrogens is 308 g/mol. The van der Waals surface area contributed by atoms with Crippen molar-refractivity contribution >= 4 is 21.8 Å². The van der Waals surface area contributed by atoms with E-state index in [2.05, 4.69) is 11.6 Å². The molecule has 118 valence electrons. The SMILES string of the molecule is CC1CCCN(S(=O)(=O)NC(C)(CCl)c2ccccc2)C1. The zero-order chi connectivity index (χ0) is 15.5. The smallest absolute Gasteiger partial charge is 0.195 e. The second-order valence-electron chi connectivity index (χ2n) is 6.04. The first-order chi connectivity index (χ1) is 9.87. The summed E-state index contributed by atoms with van der Waals surface area (Å²) >= 11 is 6.07. The van der Waals surface area contributed by atoms with Gasteiger partial charge in [0.15, 0.2) is 0 Å². The molecule has 2 rings (SSSR count). The molecule has 1 aromatic carbocycles. The van der Waals surface area contributed by atoms with Crippen LogP contribution in [0.5, 0.6) is 0 Å². The maximum Gasteiger partial charge on any atom is 0.280 e. The summed E-state index contributed by atoms with van der Waals surface area (Å²) < 4.78 is 29.6. The van der Waals surface area contributed by atoms with Crippen LogP contribution in [0.2, 0.25) is 0 Å². The number of hydrogen-bond donors (Lipinski definition) is 1. The maximum atomic E-state index is 12.6. The number of alkyl halides is 1. The Balaban J connectivity index is 2.21. The molecule has 6 heteroatoms. The molecule has 1 saturated heterocycles. The summed E-state index contributed by atoms with van der Waals surface area (Å²) in [5.41, 5.74) is 0.0659. The highest BCUT2D eigenvalue weighted by atomic mass is 35.5. The van der Waals surface area contributed by atoms with Crippen molar-refractivity contribution in [3.05, 3.63) is 35.9 Å². The second-order valence-corrected chi connectivity index (χ2v) is 7.98. The van der Waals surface area contributed by atoms with Gasteiger partial charge >= 0.3 is 0 Å². The topological polar surface area (TPSA) is 49.4 Å². The van der Waals surface area contributed by atoms with Gasteiger partial charge in [0.1, 0.15) is 0 Å². The minimum absolute atomic E-state index is 0.180. The van der Waals surface area contributed by atoms with Crippen LogP contribution in [0, 0.1) is 5.92 Å². The van der Waals surface area contributed by atoms with Crippen molar-refractivity contribution < 1.29 is 8.42 Å². The lowest BCUT2D eigenvalue weighted by Gasteiger charge is -2.35. The molecule has 0 saturated carbocycles. The molecule has 21 heavy (non-hydrogen) atoms. The molecule has 2 atom stereocenters. The Morgan fingerprint density at radius 2 is 2.05 bits per heavy atom. The number of halogens is 1. The fraction of sp³-hybridized carbons (Fsp3) is 0.600. The molecule has 1 aliphatic rings. The molecule has 1 aromatic rings. The van der Waals surface area contributed by atoms with Crippen molar-refractivity contribution in [3.8, 4) is 0 Å². The van der Waals surface area contributed by atoms with Crippen LogP contribution in [0.4, 0.5) is 0 Å². The van der Waals surface area contributed by atoms with Crippen molar-refractivity contribution in [2.45, 2.75) is 32.2 Å². The summed E-state index contributed by atoms with van der Waals surface area (Å²) in [6.07, 6.45) is 1.99. The number of piperidine rings is 1. The molecule has 1 aliphatic heterocycles. The first-order valence-electron chi connectivity index (χ1n) is 7.28. The third-order valence-electron chi connectivity index (χ3n) is 3.99. The van der Waals surface area contributed by atoms with Gasteiger partial charge < -0.3 is 0 Å². The molecule has 1 N–H and O–H groups in total. The number of rotatable bonds is 5. The summed E-state index contributed by atoms with van der Waals surface area (Å²) in [6, 6.07) is 9.46. The molecule has 0 aromatic heterocycles. The van der Waals surface area contributed by atoms with Crippen molar-refractivity contribution in [2.24, 2.45) is 5.92 Å². The van der Waals surface area contributed by atoms with Crippen LogP contribution in [0.15, 0.2) is 30.3 Å². The van der Waals surface area contributed by atoms with Gasteiger partial charge in [0, 0.05) is 19.0 Å². The van der Waals surface area contributed by atoms with Gasteiger partial charge in [-0.2, -0.15) is 17.4 Å². The first-order valence-corrected chi connectivity index (χ1v) is 9.25. The highest BCUT2D eigenvalue weighted by molar-refractivity contribution is 7.87. The number of nitrogens with zero attached hydrogens (tertiary/aromatic N) is 1. The van der Waals surface area contributed by atoms with Gasteiger partial charge in [0.2, 0.25) is 0 Å². The van der Waals surface area contributed by atoms with Crippen molar-refractivity contribution in [3.63, 3.8) is 0 Å². The molecule has 0 spiro atoms. The van der Waals surface area contributed by atoms with Gasteiger partial charge in [-0.15, -0.1) is 11.6 Å². The van der Waals surface area contributed by atoms with E-state index in [1.165, 1.54) is 4.31 Å². The fourth-order valence-electron chi connectivity index (χ4n) is 2.68. The van der Waals surface area contributed by atoms with Crippen LogP contribution in [0.3, 0.4) is 0 Å². The maximum absolute atomic E-state index is 12.6. The van der Waals surface area contributed by atoms with E-state index >= 15 is 0 Å². The minimum Gasteiger partial charge on any atom is -0.195 e. The predicted molar refractivity (Wildman–Crippen MR) is 86.5 cm³/mol. The second kappa shape index (κ2) is 6.65. The lowest BCUT2D eigenvalue weighted by atomic mass is 9.96. The van der Waals surface area contributed by atoms with Gasteiger partial charge in [0.25, 0.3) is 10.2 Å². The van der Waals surface area contributed by atoms with Gasteiger partial charge in [-0.25, -0.2) is 0 Å². The van der Waals surface area contributed by atoms with Crippen LogP contribution >= 0.6 is 11.6 Å². The van der Waals surface area contributed by atoms with E-state index in [9.17, 15) is 8.42 Å². The average Bonchev–Trinajstić information content (AvgIpc) is 2.47. The zero-order valence-corrected chi connectivity index (χ0v) is 14.1. The van der Waals surface area contributed by atoms with E-state index in [0.717, 1.165) is 18.4 Å². The standard InChI is InChI=1S/C15H23ClN2O2S/c1-13-7-6-10-18(11-13)21(19,20)17-15(2,12-16)14-8-4-3-5-9-14/h3-5,8-9,13,17H,6-7,10-12H2,1-2H3. The van der Waals surface area contributed by atoms with Gasteiger partial charge in [-0.1, -0.05) is 37.3 Å². The summed E-state index contributed by atoms with van der Waals surface area (Å²) in [4.78, 5) is 0. The summed E-state index contributed by atoms with van der Waals surface area (Å²) in [7, 11) is -3.54. The molecule has 4 nitrogen and oxygen atoms in total. The van der Waals surface area contributed by atoms with E-state index in [1.54, 1.807) is 0 Å². The van der Waals surface area contributed by atoms with Crippen LogP contribution in [0.1, 0.15) is 32.3 Å². The highest BCUT2D eigenvalue weighted by Crippen LogP contribution is 2.25. The lowest BCUT2D eigenvalue weighted by Crippen LogP contribution is -2.53. The van der Waals surface area contributed by atoms with Crippen LogP contribution in [-0.2, 0) is 15.7 Å². The molecule has 0 amide bonds. The quantitative estimate of drug-likeness (QED) is 0.844. The molecule has 2 unspecified atom stereocenters. The minimum atomic E-state index is -3.54. The average molecular weight is 331 g/mol. The van der Waals surface area contributed by atoms with Gasteiger partial charge in [0.05, 0.1) is 5.54 Å². The molecule has 1 heterocycles. The largest absolute Gasteiger partial charge is 0.280 e. The highest BCUT2D eigenvalue weighted by Gasteiger charge is 2.35. The molecular formula is C15H23ClN2O2S. The van der Waals surface area contributed by atoms with Crippen LogP contribution < -0.4 is 4.72 Å². The first kappa shape index (κ1) is 16.7. The monoisotopic (exact) mass is 330 g/mol. The Bertz CT molecular complexity index is 564. The van der Waals surface area contributed by atoms with E-state index in [1.807, 2.05) is 37.3 Å². The van der Waals surface area contributed by atoms with Crippen molar-refractivity contribution in [1.29, 1.82) is 0 Å². The summed E-state index contributed by atoms with van der Waals surface area (Å²) in [5, 5.41) is 0. The molecule has 0 aliphatic carbocycles. The molecule has 0 bridgehead atoms. The van der Waals surface area contributed by atoms with E-state index in [-0.39, 0.29) is 5.88 Å². The van der Waals surface area contributed by atoms with Crippen molar-refractivity contribution in [1.82, 2.24) is 9.03 Å². The Kier molecular flexibility index (Phi) is 5.30. The number of nitrogens with one attached hydrogen (secondary N) is 1. The van der Waals surface area contributed by atoms with Crippen molar-refractivity contribution in [2.75, 3.05) is 19.0 Å². The predicted octanol–water partition coefficient (Wildman–Crippen LogP) is 2.71. The normalized spacial score (nSPS) is 23.7. The van der Waals surface area contributed by atoms with E-state index in [0.29, 0.717) is 19.0 Å². The summed E-state index contributed by atoms with van der Waals surface area (Å²) in [6.45, 7) is 5.05. The van der Waals surface area contributed by atoms with Crippen LogP contribution in [0.25, 0.3) is 0 Å². The third kappa shape index (κ3) is 3.97. The summed E-state index contributed by atoms with van der Waals surface area (Å²) in [5.74, 6) is 0.578. The molecule has 0 radical (unpaired) electrons. The van der Waals surface area contributed by atoms with Crippen LogP contribution in [-0.4, -0.2) is 31.7 Å². The fourth-order valence-corrected chi connectivity index (χ4v) is 4.69. The number of benzene rings is 1. The van der Waals surface area contributed by atoms with E-state index < -0.39 is 15.7 Å². The Hall–Kier alpha value is -0.620. The Morgan fingerprint density at radius 3 is 2.62 bits per heavy atom. The zero-order valence-electron chi connectivity index (χ0n) is 12.5. The number of hydrogen-bond acceptors (Lipinski definition) is 2. The van der Waals surface area contributed by atoms with E-state index in [4.69, 9.17) is 11.6 Å². The Labute approximate surface area is 132 Å². The van der Waals surface area contributed by atoms with Gasteiger partial charge in [-0.3, -0.25) is 0 Å². The molecule has 1 fully saturated rings. The Morgan fingerprint density at radius 1 is 1.38 bits per heavy atom. The third-order valence-corrected chi connectivity index (χ3v) is 6.25.